The highest BCUT2D eigenvalue weighted by Crippen LogP contribution is 2.44. The van der Waals surface area contributed by atoms with Crippen LogP contribution in [0.15, 0.2) is 40.3 Å². The number of hydrogen-bond acceptors (Lipinski definition) is 9. The van der Waals surface area contributed by atoms with Crippen molar-refractivity contribution >= 4 is 48.7 Å². The van der Waals surface area contributed by atoms with E-state index in [1.807, 2.05) is 0 Å². The lowest BCUT2D eigenvalue weighted by molar-refractivity contribution is 0.0523. The number of alkyl carbamates (subject to hydrolysis) is 1. The Bertz CT molecular complexity index is 1520. The number of nitrogens with zero attached hydrogens (tertiary/aromatic N) is 3. The summed E-state index contributed by atoms with van der Waals surface area (Å²) < 4.78 is 39.2. The predicted molar refractivity (Wildman–Crippen MR) is 188 cm³/mol. The molecule has 0 spiro atoms. The molecule has 13 heteroatoms. The molecule has 2 rings (SSSR count). The van der Waals surface area contributed by atoms with Gasteiger partial charge in [0.05, 0.1) is 31.5 Å². The normalized spacial score (nSPS) is 12.7. The molecular weight excluding hydrogens is 640 g/mol. The van der Waals surface area contributed by atoms with E-state index >= 15 is 4.39 Å². The third-order valence-corrected chi connectivity index (χ3v) is 14.2. The fourth-order valence-electron chi connectivity index (χ4n) is 5.54. The topological polar surface area (TPSA) is 132 Å². The predicted octanol–water partition coefficient (Wildman–Crippen LogP) is 8.93. The minimum atomic E-state index is -2.61. The highest BCUT2D eigenvalue weighted by Gasteiger charge is 2.47. The summed E-state index contributed by atoms with van der Waals surface area (Å²) in [5.41, 5.74) is 0.866. The van der Waals surface area contributed by atoms with Crippen LogP contribution in [0.1, 0.15) is 79.0 Å². The van der Waals surface area contributed by atoms with Gasteiger partial charge in [-0.05, 0) is 73.5 Å². The van der Waals surface area contributed by atoms with Crippen molar-refractivity contribution in [2.24, 2.45) is 9.98 Å². The van der Waals surface area contributed by atoms with Crippen LogP contribution in [-0.4, -0.2) is 57.3 Å². The molecule has 0 unspecified atom stereocenters. The number of nitrogens with one attached hydrogen (secondary N) is 1. The lowest BCUT2D eigenvalue weighted by Gasteiger charge is -2.42. The summed E-state index contributed by atoms with van der Waals surface area (Å²) in [6.45, 7) is 17.8. The second kappa shape index (κ2) is 16.8. The van der Waals surface area contributed by atoms with E-state index in [1.165, 1.54) is 26.4 Å². The van der Waals surface area contributed by atoms with E-state index in [2.05, 4.69) is 57.9 Å². The van der Waals surface area contributed by atoms with Crippen molar-refractivity contribution in [3.8, 4) is 17.6 Å². The van der Waals surface area contributed by atoms with Crippen molar-refractivity contribution in [2.45, 2.75) is 91.1 Å². The highest BCUT2D eigenvalue weighted by atomic mass is 32.2. The van der Waals surface area contributed by atoms with Gasteiger partial charge in [-0.25, -0.2) is 19.0 Å². The number of carbonyl (C=O) groups is 2. The Labute approximate surface area is 283 Å². The molecule has 0 aliphatic rings. The van der Waals surface area contributed by atoms with Gasteiger partial charge in [0.15, 0.2) is 5.82 Å². The SMILES string of the molecule is COC(=O)N=C(SC)C(=Nc1ccc(C#N)c(CNC(=O)OC(C)(C)C)c1)c1cc(OC)cc(O[Si](C(C)C)(C(C)C)C(C)C)c1F. The van der Waals surface area contributed by atoms with Gasteiger partial charge in [0, 0.05) is 18.2 Å². The maximum atomic E-state index is 16.8. The van der Waals surface area contributed by atoms with E-state index in [0.29, 0.717) is 22.6 Å². The van der Waals surface area contributed by atoms with Crippen LogP contribution < -0.4 is 14.5 Å². The van der Waals surface area contributed by atoms with Gasteiger partial charge in [-0.2, -0.15) is 10.3 Å². The molecule has 0 atom stereocenters. The number of hydrogen-bond donors (Lipinski definition) is 1. The smallest absolute Gasteiger partial charge is 0.434 e. The fourth-order valence-corrected chi connectivity index (χ4v) is 11.3. The number of ether oxygens (including phenoxy) is 3. The van der Waals surface area contributed by atoms with Gasteiger partial charge in [-0.15, -0.1) is 11.8 Å². The Hall–Kier alpha value is -3.89. The zero-order valence-electron chi connectivity index (χ0n) is 29.4. The van der Waals surface area contributed by atoms with Crippen LogP contribution in [0.2, 0.25) is 16.6 Å². The summed E-state index contributed by atoms with van der Waals surface area (Å²) in [6.07, 6.45) is 0.131. The number of carbonyl (C=O) groups excluding carboxylic acids is 2. The molecule has 0 heterocycles. The van der Waals surface area contributed by atoms with Gasteiger partial charge >= 0.3 is 12.2 Å². The van der Waals surface area contributed by atoms with Crippen LogP contribution in [-0.2, 0) is 16.0 Å². The highest BCUT2D eigenvalue weighted by molar-refractivity contribution is 8.15. The molecule has 2 aromatic rings. The van der Waals surface area contributed by atoms with Gasteiger partial charge in [0.2, 0.25) is 0 Å². The van der Waals surface area contributed by atoms with Crippen molar-refractivity contribution in [3.63, 3.8) is 0 Å². The number of nitriles is 1. The average Bonchev–Trinajstić information content (AvgIpc) is 2.99. The lowest BCUT2D eigenvalue weighted by atomic mass is 10.1. The van der Waals surface area contributed by atoms with Gasteiger partial charge in [-0.3, -0.25) is 0 Å². The zero-order valence-corrected chi connectivity index (χ0v) is 31.2. The van der Waals surface area contributed by atoms with Gasteiger partial charge < -0.3 is 24.0 Å². The summed E-state index contributed by atoms with van der Waals surface area (Å²) in [5, 5.41) is 12.5. The molecule has 47 heavy (non-hydrogen) atoms. The summed E-state index contributed by atoms with van der Waals surface area (Å²) in [5.74, 6) is -0.338. The van der Waals surface area contributed by atoms with Gasteiger partial charge in [-0.1, -0.05) is 41.5 Å². The number of methoxy groups -OCH3 is 2. The fraction of sp³-hybridized carbons (Fsp3) is 0.500. The molecule has 0 aromatic heterocycles. The molecule has 0 saturated heterocycles. The Balaban J connectivity index is 2.87. The van der Waals surface area contributed by atoms with E-state index < -0.39 is 31.9 Å². The zero-order chi connectivity index (χ0) is 35.7. The first kappa shape index (κ1) is 39.3. The maximum Gasteiger partial charge on any atom is 0.434 e. The van der Waals surface area contributed by atoms with Crippen molar-refractivity contribution in [1.82, 2.24) is 5.32 Å². The monoisotopic (exact) mass is 686 g/mol. The first-order chi connectivity index (χ1) is 21.9. The number of halogens is 1. The molecule has 0 radical (unpaired) electrons. The molecule has 1 N–H and O–H groups in total. The second-order valence-corrected chi connectivity index (χ2v) is 18.9. The molecule has 0 saturated carbocycles. The number of aliphatic imine (C=N–C) groups is 2. The summed E-state index contributed by atoms with van der Waals surface area (Å²) in [6, 6.07) is 9.83. The van der Waals surface area contributed by atoms with E-state index in [4.69, 9.17) is 23.6 Å². The van der Waals surface area contributed by atoms with Crippen LogP contribution in [0.3, 0.4) is 0 Å². The van der Waals surface area contributed by atoms with E-state index in [0.717, 1.165) is 11.8 Å². The van der Waals surface area contributed by atoms with E-state index in [-0.39, 0.29) is 45.2 Å². The summed E-state index contributed by atoms with van der Waals surface area (Å²) in [7, 11) is 0.0553. The Morgan fingerprint density at radius 1 is 1.04 bits per heavy atom. The van der Waals surface area contributed by atoms with Crippen molar-refractivity contribution in [1.29, 1.82) is 5.26 Å². The van der Waals surface area contributed by atoms with Crippen LogP contribution >= 0.6 is 11.8 Å². The first-order valence-electron chi connectivity index (χ1n) is 15.3. The molecule has 10 nitrogen and oxygen atoms in total. The Morgan fingerprint density at radius 3 is 2.15 bits per heavy atom. The van der Waals surface area contributed by atoms with Gasteiger partial charge in [0.1, 0.15) is 27.9 Å². The van der Waals surface area contributed by atoms with Crippen molar-refractivity contribution in [3.05, 3.63) is 52.8 Å². The largest absolute Gasteiger partial charge is 0.541 e. The minimum Gasteiger partial charge on any atom is -0.541 e. The first-order valence-corrected chi connectivity index (χ1v) is 18.7. The number of benzene rings is 2. The number of rotatable bonds is 11. The van der Waals surface area contributed by atoms with Gasteiger partial charge in [0.25, 0.3) is 8.32 Å². The Kier molecular flexibility index (Phi) is 14.0. The molecule has 2 aromatic carbocycles. The van der Waals surface area contributed by atoms with Crippen molar-refractivity contribution < 1.29 is 32.6 Å². The molecular formula is C34H47FN4O6SSi. The standard InChI is InChI=1S/C34H47FN4O6SSi/c1-20(2)47(21(3)4,22(5)6)45-28-17-26(42-10)16-27(29(28)35)30(31(46-12)39-33(41)43-11)38-25-14-13-23(18-36)24(15-25)19-37-32(40)44-34(7,8)9/h13-17,20-22H,19H2,1-12H3,(H,37,40). The van der Waals surface area contributed by atoms with E-state index in [9.17, 15) is 14.9 Å². The third kappa shape index (κ3) is 10.0. The van der Waals surface area contributed by atoms with E-state index in [1.54, 1.807) is 45.2 Å². The maximum absolute atomic E-state index is 16.8. The molecule has 256 valence electrons. The average molecular weight is 687 g/mol. The summed E-state index contributed by atoms with van der Waals surface area (Å²) in [4.78, 5) is 33.5. The molecule has 0 aliphatic carbocycles. The van der Waals surface area contributed by atoms with Crippen LogP contribution in [0, 0.1) is 17.1 Å². The molecule has 0 aliphatic heterocycles. The third-order valence-electron chi connectivity index (χ3n) is 7.53. The minimum absolute atomic E-state index is 0.00619. The quantitative estimate of drug-likeness (QED) is 0.141. The molecule has 2 amide bonds. The lowest BCUT2D eigenvalue weighted by Crippen LogP contribution is -2.51. The Morgan fingerprint density at radius 2 is 1.66 bits per heavy atom. The number of amides is 2. The van der Waals surface area contributed by atoms with Crippen LogP contribution in [0.4, 0.5) is 19.7 Å². The second-order valence-electron chi connectivity index (χ2n) is 12.8. The van der Waals surface area contributed by atoms with Crippen molar-refractivity contribution in [2.75, 3.05) is 20.5 Å². The van der Waals surface area contributed by atoms with Crippen LogP contribution in [0.5, 0.6) is 11.5 Å². The number of thioether (sulfide) groups is 1. The molecule has 0 bridgehead atoms. The van der Waals surface area contributed by atoms with Crippen LogP contribution in [0.25, 0.3) is 0 Å². The summed E-state index contributed by atoms with van der Waals surface area (Å²) >= 11 is 1.08. The molecule has 0 fully saturated rings.